The van der Waals surface area contributed by atoms with Crippen molar-refractivity contribution in [3.05, 3.63) is 97.1 Å². The molecule has 0 radical (unpaired) electrons. The normalized spacial score (nSPS) is 11.2. The molecule has 6 rings (SSSR count). The van der Waals surface area contributed by atoms with Crippen molar-refractivity contribution in [1.82, 2.24) is 0 Å². The fraction of sp³-hybridized carbons (Fsp3) is 0.167. The van der Waals surface area contributed by atoms with E-state index in [9.17, 15) is 9.59 Å². The van der Waals surface area contributed by atoms with Gasteiger partial charge in [0.05, 0.1) is 13.2 Å². The minimum atomic E-state index is -0.453. The number of rotatable bonds is 9. The van der Waals surface area contributed by atoms with Crippen LogP contribution in [0.3, 0.4) is 0 Å². The molecule has 0 bridgehead atoms. The van der Waals surface area contributed by atoms with Crippen LogP contribution in [0.4, 0.5) is 0 Å². The van der Waals surface area contributed by atoms with Crippen LogP contribution in [0.2, 0.25) is 0 Å². The molecule has 6 aromatic rings. The highest BCUT2D eigenvalue weighted by molar-refractivity contribution is 6.12. The first-order valence-corrected chi connectivity index (χ1v) is 14.0. The first-order valence-electron chi connectivity index (χ1n) is 14.0. The molecule has 0 aliphatic carbocycles. The summed E-state index contributed by atoms with van der Waals surface area (Å²) in [6.07, 6.45) is 0. The summed E-state index contributed by atoms with van der Waals surface area (Å²) in [6, 6.07) is 32.7. The van der Waals surface area contributed by atoms with Gasteiger partial charge in [-0.1, -0.05) is 72.8 Å². The van der Waals surface area contributed by atoms with Crippen LogP contribution in [0.1, 0.15) is 13.8 Å². The number of hydrogen-bond acceptors (Lipinski definition) is 6. The number of esters is 2. The molecule has 210 valence electrons. The average molecular weight is 559 g/mol. The summed E-state index contributed by atoms with van der Waals surface area (Å²) in [7, 11) is 0. The Morgan fingerprint density at radius 2 is 0.905 bits per heavy atom. The number of hydrogen-bond donors (Lipinski definition) is 0. The zero-order valence-corrected chi connectivity index (χ0v) is 23.5. The van der Waals surface area contributed by atoms with Crippen LogP contribution in [0, 0.1) is 0 Å². The molecule has 0 aliphatic heterocycles. The molecule has 0 atom stereocenters. The van der Waals surface area contributed by atoms with Gasteiger partial charge in [-0.25, -0.2) is 9.59 Å². The van der Waals surface area contributed by atoms with E-state index in [1.165, 1.54) is 0 Å². The Hall–Kier alpha value is -5.10. The molecular formula is C36H30O6. The SMILES string of the molecule is CCOC(=O)COc1cc2ccc3ccccc3c2cc1-c1cc2c(ccc3ccccc32)cc1OCC(=O)OCC. The third-order valence-corrected chi connectivity index (χ3v) is 7.28. The summed E-state index contributed by atoms with van der Waals surface area (Å²) in [6.45, 7) is 3.57. The first-order chi connectivity index (χ1) is 20.6. The van der Waals surface area contributed by atoms with Crippen molar-refractivity contribution in [3.8, 4) is 22.6 Å². The smallest absolute Gasteiger partial charge is 0.344 e. The molecule has 0 heterocycles. The van der Waals surface area contributed by atoms with E-state index >= 15 is 0 Å². The average Bonchev–Trinajstić information content (AvgIpc) is 3.02. The molecular weight excluding hydrogens is 528 g/mol. The van der Waals surface area contributed by atoms with Crippen molar-refractivity contribution in [2.75, 3.05) is 26.4 Å². The summed E-state index contributed by atoms with van der Waals surface area (Å²) < 4.78 is 22.5. The Balaban J connectivity index is 1.61. The zero-order chi connectivity index (χ0) is 29.1. The molecule has 6 heteroatoms. The van der Waals surface area contributed by atoms with Gasteiger partial charge >= 0.3 is 11.9 Å². The van der Waals surface area contributed by atoms with Crippen molar-refractivity contribution in [2.45, 2.75) is 13.8 Å². The summed E-state index contributed by atoms with van der Waals surface area (Å²) in [5.41, 5.74) is 1.47. The van der Waals surface area contributed by atoms with E-state index in [-0.39, 0.29) is 26.4 Å². The molecule has 0 saturated heterocycles. The Morgan fingerprint density at radius 1 is 0.500 bits per heavy atom. The monoisotopic (exact) mass is 558 g/mol. The van der Waals surface area contributed by atoms with Crippen molar-refractivity contribution < 1.29 is 28.5 Å². The highest BCUT2D eigenvalue weighted by atomic mass is 16.6. The minimum Gasteiger partial charge on any atom is -0.481 e. The molecule has 0 fully saturated rings. The lowest BCUT2D eigenvalue weighted by Crippen LogP contribution is -2.15. The third kappa shape index (κ3) is 5.31. The van der Waals surface area contributed by atoms with Crippen LogP contribution in [0.15, 0.2) is 97.1 Å². The second-order valence-corrected chi connectivity index (χ2v) is 9.90. The Morgan fingerprint density at radius 3 is 1.33 bits per heavy atom. The van der Waals surface area contributed by atoms with E-state index in [0.717, 1.165) is 54.2 Å². The van der Waals surface area contributed by atoms with Crippen molar-refractivity contribution in [1.29, 1.82) is 0 Å². The van der Waals surface area contributed by atoms with Crippen LogP contribution in [0.25, 0.3) is 54.2 Å². The van der Waals surface area contributed by atoms with Gasteiger partial charge in [0.25, 0.3) is 0 Å². The Labute approximate surface area is 243 Å². The van der Waals surface area contributed by atoms with Gasteiger partial charge in [0.1, 0.15) is 11.5 Å². The predicted molar refractivity (Wildman–Crippen MR) is 166 cm³/mol. The topological polar surface area (TPSA) is 71.1 Å². The molecule has 6 nitrogen and oxygen atoms in total. The molecule has 0 aliphatic rings. The van der Waals surface area contributed by atoms with E-state index in [1.54, 1.807) is 13.8 Å². The van der Waals surface area contributed by atoms with Crippen LogP contribution in [-0.4, -0.2) is 38.4 Å². The highest BCUT2D eigenvalue weighted by Crippen LogP contribution is 2.43. The fourth-order valence-corrected chi connectivity index (χ4v) is 5.41. The predicted octanol–water partition coefficient (Wildman–Crippen LogP) is 7.85. The number of fused-ring (bicyclic) bond motifs is 6. The lowest BCUT2D eigenvalue weighted by Gasteiger charge is -2.18. The van der Waals surface area contributed by atoms with Gasteiger partial charge in [0.15, 0.2) is 13.2 Å². The van der Waals surface area contributed by atoms with Gasteiger partial charge in [-0.05, 0) is 81.2 Å². The summed E-state index contributed by atoms with van der Waals surface area (Å²) in [5.74, 6) is 0.105. The summed E-state index contributed by atoms with van der Waals surface area (Å²) in [5, 5.41) is 8.40. The van der Waals surface area contributed by atoms with Crippen LogP contribution in [0.5, 0.6) is 11.5 Å². The summed E-state index contributed by atoms with van der Waals surface area (Å²) in [4.78, 5) is 24.6. The molecule has 0 saturated carbocycles. The molecule has 0 unspecified atom stereocenters. The molecule has 0 spiro atoms. The maximum atomic E-state index is 12.3. The second kappa shape index (κ2) is 11.8. The maximum Gasteiger partial charge on any atom is 0.344 e. The number of benzene rings is 6. The lowest BCUT2D eigenvalue weighted by molar-refractivity contribution is -0.146. The molecule has 0 amide bonds. The van der Waals surface area contributed by atoms with Crippen LogP contribution in [-0.2, 0) is 19.1 Å². The Kier molecular flexibility index (Phi) is 7.60. The molecule has 42 heavy (non-hydrogen) atoms. The first kappa shape index (κ1) is 27.1. The van der Waals surface area contributed by atoms with Gasteiger partial charge < -0.3 is 18.9 Å². The molecule has 6 aromatic carbocycles. The van der Waals surface area contributed by atoms with Crippen LogP contribution >= 0.6 is 0 Å². The van der Waals surface area contributed by atoms with Gasteiger partial charge in [-0.3, -0.25) is 0 Å². The quantitative estimate of drug-likeness (QED) is 0.133. The largest absolute Gasteiger partial charge is 0.481 e. The standard InChI is InChI=1S/C36H30O6/c1-3-39-35(37)21-41-33-17-25-15-13-23-9-5-7-11-27(23)29(25)19-31(33)32-20-30-26(16-14-24-10-6-8-12-28(24)30)18-34(32)42-22-36(38)40-4-2/h5-20H,3-4,21-22H2,1-2H3. The van der Waals surface area contributed by atoms with Crippen molar-refractivity contribution >= 4 is 55.0 Å². The van der Waals surface area contributed by atoms with Gasteiger partial charge in [-0.15, -0.1) is 0 Å². The van der Waals surface area contributed by atoms with Gasteiger partial charge in [-0.2, -0.15) is 0 Å². The second-order valence-electron chi connectivity index (χ2n) is 9.90. The highest BCUT2D eigenvalue weighted by Gasteiger charge is 2.19. The summed E-state index contributed by atoms with van der Waals surface area (Å²) >= 11 is 0. The number of ether oxygens (including phenoxy) is 4. The maximum absolute atomic E-state index is 12.3. The third-order valence-electron chi connectivity index (χ3n) is 7.28. The van der Waals surface area contributed by atoms with Gasteiger partial charge in [0.2, 0.25) is 0 Å². The number of carbonyl (C=O) groups is 2. The lowest BCUT2D eigenvalue weighted by atomic mass is 9.93. The van der Waals surface area contributed by atoms with E-state index in [4.69, 9.17) is 18.9 Å². The van der Waals surface area contributed by atoms with E-state index in [2.05, 4.69) is 48.5 Å². The van der Waals surface area contributed by atoms with Crippen LogP contribution < -0.4 is 9.47 Å². The zero-order valence-electron chi connectivity index (χ0n) is 23.5. The molecule has 0 aromatic heterocycles. The number of carbonyl (C=O) groups excluding carboxylic acids is 2. The van der Waals surface area contributed by atoms with Gasteiger partial charge in [0, 0.05) is 11.1 Å². The molecule has 0 N–H and O–H groups in total. The van der Waals surface area contributed by atoms with E-state index in [0.29, 0.717) is 11.5 Å². The van der Waals surface area contributed by atoms with Crippen molar-refractivity contribution in [3.63, 3.8) is 0 Å². The minimum absolute atomic E-state index is 0.241. The Bertz CT molecular complexity index is 1820. The van der Waals surface area contributed by atoms with Crippen molar-refractivity contribution in [2.24, 2.45) is 0 Å². The van der Waals surface area contributed by atoms with E-state index < -0.39 is 11.9 Å². The fourth-order valence-electron chi connectivity index (χ4n) is 5.41. The van der Waals surface area contributed by atoms with E-state index in [1.807, 2.05) is 48.5 Å².